The Morgan fingerprint density at radius 3 is 1.83 bits per heavy atom. The maximum atomic E-state index is 10.9. The first-order chi connectivity index (χ1) is 5.30. The molecule has 0 heterocycles. The summed E-state index contributed by atoms with van der Waals surface area (Å²) in [5.41, 5.74) is -0.811. The first-order valence-corrected chi connectivity index (χ1v) is 4.31. The number of carbonyl (C=O) groups is 1. The fourth-order valence-electron chi connectivity index (χ4n) is 1.08. The summed E-state index contributed by atoms with van der Waals surface area (Å²) in [7, 11) is 0. The van der Waals surface area contributed by atoms with Crippen molar-refractivity contribution in [2.45, 2.75) is 46.2 Å². The molecule has 0 aromatic heterocycles. The van der Waals surface area contributed by atoms with E-state index in [2.05, 4.69) is 5.32 Å². The lowest BCUT2D eigenvalue weighted by atomic mass is 9.88. The highest BCUT2D eigenvalue weighted by Gasteiger charge is 2.36. The number of nitrogens with one attached hydrogen (secondary N) is 1. The summed E-state index contributed by atoms with van der Waals surface area (Å²) in [5, 5.41) is 12.0. The summed E-state index contributed by atoms with van der Waals surface area (Å²) in [5.74, 6) is -0.705. The van der Waals surface area contributed by atoms with E-state index in [9.17, 15) is 4.79 Å². The predicted octanol–water partition coefficient (Wildman–Crippen LogP) is 1.48. The molecule has 72 valence electrons. The third-order valence-corrected chi connectivity index (χ3v) is 2.19. The molecule has 3 nitrogen and oxygen atoms in total. The van der Waals surface area contributed by atoms with Gasteiger partial charge in [0.2, 0.25) is 0 Å². The smallest absolute Gasteiger partial charge is 0.323 e. The van der Waals surface area contributed by atoms with E-state index in [0.717, 1.165) is 0 Å². The molecule has 0 radical (unpaired) electrons. The van der Waals surface area contributed by atoms with Crippen molar-refractivity contribution in [3.63, 3.8) is 0 Å². The van der Waals surface area contributed by atoms with Crippen LogP contribution in [0.15, 0.2) is 0 Å². The van der Waals surface area contributed by atoms with Gasteiger partial charge in [0.05, 0.1) is 0 Å². The first kappa shape index (κ1) is 11.4. The monoisotopic (exact) mass is 173 g/mol. The number of hydrogen-bond donors (Lipinski definition) is 2. The molecule has 0 aliphatic rings. The maximum absolute atomic E-state index is 10.9. The zero-order chi connectivity index (χ0) is 9.94. The largest absolute Gasteiger partial charge is 0.480 e. The van der Waals surface area contributed by atoms with Gasteiger partial charge in [0, 0.05) is 6.04 Å². The average Bonchev–Trinajstić information content (AvgIpc) is 1.84. The van der Waals surface area contributed by atoms with Crippen LogP contribution in [0.5, 0.6) is 0 Å². The van der Waals surface area contributed by atoms with Crippen molar-refractivity contribution >= 4 is 5.97 Å². The average molecular weight is 173 g/mol. The lowest BCUT2D eigenvalue weighted by molar-refractivity contribution is -0.146. The third kappa shape index (κ3) is 2.48. The Hall–Kier alpha value is -0.570. The Kier molecular flexibility index (Phi) is 3.71. The molecule has 1 atom stereocenters. The molecule has 0 aliphatic heterocycles. The minimum atomic E-state index is -0.811. The highest BCUT2D eigenvalue weighted by Crippen LogP contribution is 2.17. The van der Waals surface area contributed by atoms with E-state index < -0.39 is 11.5 Å². The molecule has 3 heteroatoms. The van der Waals surface area contributed by atoms with E-state index in [4.69, 9.17) is 5.11 Å². The molecular weight excluding hydrogens is 154 g/mol. The Labute approximate surface area is 74.2 Å². The molecule has 12 heavy (non-hydrogen) atoms. The van der Waals surface area contributed by atoms with Gasteiger partial charge in [0.15, 0.2) is 0 Å². The summed E-state index contributed by atoms with van der Waals surface area (Å²) < 4.78 is 0. The van der Waals surface area contributed by atoms with Gasteiger partial charge in [0.25, 0.3) is 0 Å². The van der Waals surface area contributed by atoms with Crippen molar-refractivity contribution in [3.8, 4) is 0 Å². The first-order valence-electron chi connectivity index (χ1n) is 4.31. The number of hydrogen-bond acceptors (Lipinski definition) is 2. The summed E-state index contributed by atoms with van der Waals surface area (Å²) in [4.78, 5) is 10.9. The van der Waals surface area contributed by atoms with Crippen LogP contribution in [0.25, 0.3) is 0 Å². The molecule has 0 rings (SSSR count). The molecule has 0 bridgehead atoms. The van der Waals surface area contributed by atoms with Crippen molar-refractivity contribution in [1.82, 2.24) is 5.32 Å². The second-order valence-electron chi connectivity index (χ2n) is 3.96. The van der Waals surface area contributed by atoms with Gasteiger partial charge >= 0.3 is 5.97 Å². The van der Waals surface area contributed by atoms with Gasteiger partial charge in [0.1, 0.15) is 5.54 Å². The zero-order valence-electron chi connectivity index (χ0n) is 8.51. The minimum Gasteiger partial charge on any atom is -0.480 e. The van der Waals surface area contributed by atoms with Gasteiger partial charge in [-0.25, -0.2) is 0 Å². The SMILES string of the molecule is CC(C)NC(C)(C(=O)O)C(C)C. The van der Waals surface area contributed by atoms with Crippen molar-refractivity contribution in [2.24, 2.45) is 5.92 Å². The van der Waals surface area contributed by atoms with E-state index >= 15 is 0 Å². The summed E-state index contributed by atoms with van der Waals surface area (Å²) >= 11 is 0. The number of carboxylic acid groups (broad SMARTS) is 1. The van der Waals surface area contributed by atoms with Crippen molar-refractivity contribution in [3.05, 3.63) is 0 Å². The van der Waals surface area contributed by atoms with Gasteiger partial charge in [-0.3, -0.25) is 10.1 Å². The van der Waals surface area contributed by atoms with Crippen LogP contribution in [0.4, 0.5) is 0 Å². The second-order valence-corrected chi connectivity index (χ2v) is 3.96. The van der Waals surface area contributed by atoms with Gasteiger partial charge in [-0.05, 0) is 26.7 Å². The molecule has 0 fully saturated rings. The Bertz CT molecular complexity index is 166. The van der Waals surface area contributed by atoms with Crippen molar-refractivity contribution in [2.75, 3.05) is 0 Å². The molecular formula is C9H19NO2. The maximum Gasteiger partial charge on any atom is 0.323 e. The highest BCUT2D eigenvalue weighted by molar-refractivity contribution is 5.78. The normalized spacial score (nSPS) is 16.6. The molecule has 2 N–H and O–H groups in total. The summed E-state index contributed by atoms with van der Waals surface area (Å²) in [6.07, 6.45) is 0. The molecule has 0 saturated heterocycles. The van der Waals surface area contributed by atoms with E-state index in [-0.39, 0.29) is 12.0 Å². The minimum absolute atomic E-state index is 0.0809. The lowest BCUT2D eigenvalue weighted by Gasteiger charge is -2.32. The summed E-state index contributed by atoms with van der Waals surface area (Å²) in [6, 6.07) is 0.188. The number of carboxylic acids is 1. The molecule has 0 amide bonds. The molecule has 0 saturated carbocycles. The lowest BCUT2D eigenvalue weighted by Crippen LogP contribution is -2.55. The molecule has 1 unspecified atom stereocenters. The van der Waals surface area contributed by atoms with Crippen LogP contribution in [0.2, 0.25) is 0 Å². The highest BCUT2D eigenvalue weighted by atomic mass is 16.4. The zero-order valence-corrected chi connectivity index (χ0v) is 8.51. The van der Waals surface area contributed by atoms with Crippen molar-refractivity contribution in [1.29, 1.82) is 0 Å². The second kappa shape index (κ2) is 3.90. The van der Waals surface area contributed by atoms with Crippen LogP contribution in [0.3, 0.4) is 0 Å². The van der Waals surface area contributed by atoms with Gasteiger partial charge in [-0.1, -0.05) is 13.8 Å². The van der Waals surface area contributed by atoms with E-state index in [1.54, 1.807) is 6.92 Å². The van der Waals surface area contributed by atoms with Gasteiger partial charge < -0.3 is 5.11 Å². The van der Waals surface area contributed by atoms with Crippen LogP contribution in [0, 0.1) is 5.92 Å². The fraction of sp³-hybridized carbons (Fsp3) is 0.889. The van der Waals surface area contributed by atoms with Crippen LogP contribution < -0.4 is 5.32 Å². The molecule has 0 spiro atoms. The molecule has 0 aliphatic carbocycles. The van der Waals surface area contributed by atoms with Crippen LogP contribution in [0.1, 0.15) is 34.6 Å². The van der Waals surface area contributed by atoms with Gasteiger partial charge in [-0.15, -0.1) is 0 Å². The Morgan fingerprint density at radius 1 is 1.33 bits per heavy atom. The Morgan fingerprint density at radius 2 is 1.75 bits per heavy atom. The van der Waals surface area contributed by atoms with Crippen molar-refractivity contribution < 1.29 is 9.90 Å². The predicted molar refractivity (Wildman–Crippen MR) is 49.2 cm³/mol. The molecule has 0 aromatic carbocycles. The van der Waals surface area contributed by atoms with Gasteiger partial charge in [-0.2, -0.15) is 0 Å². The third-order valence-electron chi connectivity index (χ3n) is 2.19. The van der Waals surface area contributed by atoms with E-state index in [1.165, 1.54) is 0 Å². The quantitative estimate of drug-likeness (QED) is 0.677. The van der Waals surface area contributed by atoms with Crippen LogP contribution in [-0.2, 0) is 4.79 Å². The van der Waals surface area contributed by atoms with E-state index in [1.807, 2.05) is 27.7 Å². The topological polar surface area (TPSA) is 49.3 Å². The standard InChI is InChI=1S/C9H19NO2/c1-6(2)9(5,8(11)12)10-7(3)4/h6-7,10H,1-5H3,(H,11,12). The van der Waals surface area contributed by atoms with Crippen LogP contribution in [-0.4, -0.2) is 22.7 Å². The summed E-state index contributed by atoms with van der Waals surface area (Å²) in [6.45, 7) is 9.43. The van der Waals surface area contributed by atoms with Crippen LogP contribution >= 0.6 is 0 Å². The number of aliphatic carboxylic acids is 1. The van der Waals surface area contributed by atoms with E-state index in [0.29, 0.717) is 0 Å². The fourth-order valence-corrected chi connectivity index (χ4v) is 1.08. The number of rotatable bonds is 4. The Balaban J connectivity index is 4.51. The molecule has 0 aromatic rings.